The van der Waals surface area contributed by atoms with Gasteiger partial charge in [-0.05, 0) is 45.5 Å². The summed E-state index contributed by atoms with van der Waals surface area (Å²) < 4.78 is 0. The molecule has 1 amide bonds. The van der Waals surface area contributed by atoms with Gasteiger partial charge < -0.3 is 0 Å². The van der Waals surface area contributed by atoms with Gasteiger partial charge in [-0.25, -0.2) is 11.8 Å². The van der Waals surface area contributed by atoms with Crippen LogP contribution in [0.1, 0.15) is 40.7 Å². The number of amides is 1. The third-order valence-electron chi connectivity index (χ3n) is 2.23. The molecule has 0 bridgehead atoms. The molecule has 0 aliphatic rings. The van der Waals surface area contributed by atoms with Crippen molar-refractivity contribution in [3.05, 3.63) is 49.7 Å². The molecule has 0 saturated heterocycles. The van der Waals surface area contributed by atoms with Crippen LogP contribution in [0.25, 0.3) is 0 Å². The van der Waals surface area contributed by atoms with Gasteiger partial charge in [-0.2, -0.15) is 13.8 Å². The number of hydrogen-bond donors (Lipinski definition) is 1. The summed E-state index contributed by atoms with van der Waals surface area (Å²) in [5, 5.41) is 2.26. The third-order valence-corrected chi connectivity index (χ3v) is 2.23. The van der Waals surface area contributed by atoms with Gasteiger partial charge in [0, 0.05) is 24.3 Å². The van der Waals surface area contributed by atoms with E-state index in [1.54, 1.807) is 0 Å². The summed E-state index contributed by atoms with van der Waals surface area (Å²) >= 11 is 0. The minimum Gasteiger partial charge on any atom is -0.285 e. The maximum absolute atomic E-state index is 10.2. The van der Waals surface area contributed by atoms with E-state index in [2.05, 4.69) is 109 Å². The van der Waals surface area contributed by atoms with E-state index in [0.29, 0.717) is 0 Å². The Hall–Kier alpha value is -4.21. The van der Waals surface area contributed by atoms with Crippen LogP contribution in [0.5, 0.6) is 0 Å². The topological polar surface area (TPSA) is 29.1 Å². The Morgan fingerprint density at radius 1 is 0.833 bits per heavy atom. The van der Waals surface area contributed by atoms with Crippen molar-refractivity contribution in [3.8, 4) is 71.2 Å². The zero-order chi connectivity index (χ0) is 22.4. The highest BCUT2D eigenvalue weighted by Crippen LogP contribution is 2.09. The fourth-order valence-corrected chi connectivity index (χ4v) is 1.12. The van der Waals surface area contributed by atoms with Gasteiger partial charge in [0.1, 0.15) is 0 Å². The molecule has 0 fully saturated rings. The van der Waals surface area contributed by atoms with Crippen molar-refractivity contribution in [2.24, 2.45) is 5.41 Å². The lowest BCUT2D eigenvalue weighted by atomic mass is 9.98. The molecule has 30 heavy (non-hydrogen) atoms. The Bertz CT molecular complexity index is 986. The molecule has 1 aromatic rings. The normalized spacial score (nSPS) is 6.70. The lowest BCUT2D eigenvalue weighted by Crippen LogP contribution is -2.11. The molecule has 154 valence electrons. The molecule has 0 aliphatic heterocycles. The van der Waals surface area contributed by atoms with E-state index in [4.69, 9.17) is 0 Å². The first-order valence-corrected chi connectivity index (χ1v) is 8.57. The maximum Gasteiger partial charge on any atom is 0.228 e. The van der Waals surface area contributed by atoms with E-state index in [1.807, 2.05) is 39.0 Å². The Morgan fingerprint density at radius 3 is 1.67 bits per heavy atom. The number of carbonyl (C=O) groups is 1. The van der Waals surface area contributed by atoms with Crippen molar-refractivity contribution in [2.45, 2.75) is 42.0 Å². The van der Waals surface area contributed by atoms with Crippen molar-refractivity contribution in [2.75, 3.05) is 0 Å². The molecule has 0 saturated carbocycles. The maximum atomic E-state index is 10.2. The average Bonchev–Trinajstić information content (AvgIpc) is 2.65. The van der Waals surface area contributed by atoms with Crippen LogP contribution in [0, 0.1) is 97.4 Å². The summed E-state index contributed by atoms with van der Waals surface area (Å²) in [6.45, 7) is 16.1. The molecule has 0 heterocycles. The second-order valence-corrected chi connectivity index (χ2v) is 6.19. The summed E-state index contributed by atoms with van der Waals surface area (Å²) in [6, 6.07) is 12.6. The first-order chi connectivity index (χ1) is 13.7. The molecule has 1 rings (SSSR count). The molecular weight excluding hydrogens is 366 g/mol. The van der Waals surface area contributed by atoms with Crippen molar-refractivity contribution < 1.29 is 4.79 Å². The molecule has 1 N–H and O–H groups in total. The van der Waals surface area contributed by atoms with Crippen molar-refractivity contribution in [1.29, 1.82) is 0 Å². The monoisotopic (exact) mass is 395 g/mol. The van der Waals surface area contributed by atoms with Crippen LogP contribution in [0.3, 0.4) is 0 Å². The van der Waals surface area contributed by atoms with Gasteiger partial charge in [0.25, 0.3) is 0 Å². The molecule has 0 aliphatic carbocycles. The Labute approximate surface area is 184 Å². The molecule has 0 radical (unpaired) electrons. The number of aryl methyl sites for hydroxylation is 1. The van der Waals surface area contributed by atoms with Crippen molar-refractivity contribution in [1.82, 2.24) is 5.32 Å². The van der Waals surface area contributed by atoms with Crippen LogP contribution >= 0.6 is 0 Å². The van der Waals surface area contributed by atoms with Crippen molar-refractivity contribution in [3.63, 3.8) is 0 Å². The van der Waals surface area contributed by atoms with Gasteiger partial charge in [-0.15, -0.1) is 11.8 Å². The first kappa shape index (κ1) is 30.5. The standard InChI is InChI=1S/C11H11.C9H6NO.C7H8.CH4/c1-5-6-7-8-9-10-11(2,3)4;1-3-4-5-6-7-8-10-9(2)11;1-7-5-3-2-4-6-7;/h1H2,2-4H3;1H2,2H3,(H,10,11);2-6H,1H3;1H4/q2*-1;;. The lowest BCUT2D eigenvalue weighted by molar-refractivity contribution is -0.117. The summed E-state index contributed by atoms with van der Waals surface area (Å²) in [6.07, 6.45) is 0. The van der Waals surface area contributed by atoms with Gasteiger partial charge in [-0.1, -0.05) is 49.2 Å². The van der Waals surface area contributed by atoms with Crippen molar-refractivity contribution >= 4 is 5.91 Å². The molecule has 2 nitrogen and oxygen atoms in total. The van der Waals surface area contributed by atoms with Crippen LogP contribution in [-0.2, 0) is 4.79 Å². The number of hydrogen-bond acceptors (Lipinski definition) is 1. The van der Waals surface area contributed by atoms with E-state index in [9.17, 15) is 4.79 Å². The van der Waals surface area contributed by atoms with Gasteiger partial charge in [-0.3, -0.25) is 22.0 Å². The highest BCUT2D eigenvalue weighted by molar-refractivity contribution is 5.74. The second-order valence-electron chi connectivity index (χ2n) is 6.19. The fraction of sp³-hybridized carbons (Fsp3) is 0.250. The molecule has 0 spiro atoms. The predicted octanol–water partition coefficient (Wildman–Crippen LogP) is 4.43. The Kier molecular flexibility index (Phi) is 21.5. The summed E-state index contributed by atoms with van der Waals surface area (Å²) in [7, 11) is 0. The molecule has 2 heteroatoms. The Morgan fingerprint density at radius 2 is 1.30 bits per heavy atom. The SMILES string of the molecule is C.Cc1ccccc1.[CH2-]C#CC#CC#CC(C)(C)C.[CH2-]C#CC#CC#CNC(C)=O. The summed E-state index contributed by atoms with van der Waals surface area (Å²) in [5.74, 6) is 27.5. The average molecular weight is 396 g/mol. The minimum absolute atomic E-state index is 0. The van der Waals surface area contributed by atoms with E-state index < -0.39 is 0 Å². The molecular formula is C28H29NO-2. The zero-order valence-electron chi connectivity index (χ0n) is 17.7. The van der Waals surface area contributed by atoms with Crippen LogP contribution in [-0.4, -0.2) is 5.91 Å². The minimum atomic E-state index is -0.206. The summed E-state index contributed by atoms with van der Waals surface area (Å²) in [5.41, 5.74) is 1.34. The number of benzene rings is 1. The summed E-state index contributed by atoms with van der Waals surface area (Å²) in [4.78, 5) is 10.2. The van der Waals surface area contributed by atoms with E-state index >= 15 is 0 Å². The second kappa shape index (κ2) is 21.1. The lowest BCUT2D eigenvalue weighted by Gasteiger charge is -2.05. The number of carbonyl (C=O) groups excluding carboxylic acids is 1. The van der Waals surface area contributed by atoms with Crippen LogP contribution in [0.2, 0.25) is 0 Å². The Balaban J connectivity index is -0.000000366. The van der Waals surface area contributed by atoms with Gasteiger partial charge in [0.15, 0.2) is 0 Å². The smallest absolute Gasteiger partial charge is 0.228 e. The molecule has 0 aromatic heterocycles. The van der Waals surface area contributed by atoms with E-state index in [0.717, 1.165) is 0 Å². The third kappa shape index (κ3) is 31.5. The molecule has 0 unspecified atom stereocenters. The fourth-order valence-electron chi connectivity index (χ4n) is 1.12. The van der Waals surface area contributed by atoms with Gasteiger partial charge in [0.05, 0.1) is 0 Å². The van der Waals surface area contributed by atoms with Crippen LogP contribution in [0.4, 0.5) is 0 Å². The first-order valence-electron chi connectivity index (χ1n) is 8.57. The van der Waals surface area contributed by atoms with Gasteiger partial charge >= 0.3 is 0 Å². The van der Waals surface area contributed by atoms with Crippen LogP contribution < -0.4 is 5.32 Å². The van der Waals surface area contributed by atoms with E-state index in [1.165, 1.54) is 12.5 Å². The number of nitrogens with one attached hydrogen (secondary N) is 1. The number of rotatable bonds is 0. The van der Waals surface area contributed by atoms with E-state index in [-0.39, 0.29) is 18.7 Å². The molecule has 1 aromatic carbocycles. The highest BCUT2D eigenvalue weighted by Gasteiger charge is 2.02. The largest absolute Gasteiger partial charge is 0.285 e. The predicted molar refractivity (Wildman–Crippen MR) is 129 cm³/mol. The zero-order valence-corrected chi connectivity index (χ0v) is 17.7. The highest BCUT2D eigenvalue weighted by atomic mass is 16.1. The quantitative estimate of drug-likeness (QED) is 0.393. The molecule has 0 atom stereocenters. The van der Waals surface area contributed by atoms with Crippen LogP contribution in [0.15, 0.2) is 30.3 Å². The van der Waals surface area contributed by atoms with Gasteiger partial charge in [0.2, 0.25) is 5.91 Å².